The molecule has 1 aromatic carbocycles. The summed E-state index contributed by atoms with van der Waals surface area (Å²) in [5, 5.41) is 20.0. The standard InChI is InChI=1S/C15H19NO2/c1-14(2,10-16)15(17)7-6-11-4-5-13(18-3)8-12(11)9-15/h4-5,8,17H,6-7,9H2,1-3H3. The molecule has 0 amide bonds. The molecule has 1 aromatic rings. The third-order valence-corrected chi connectivity index (χ3v) is 4.15. The summed E-state index contributed by atoms with van der Waals surface area (Å²) in [5.41, 5.74) is 0.634. The Kier molecular flexibility index (Phi) is 3.08. The summed E-state index contributed by atoms with van der Waals surface area (Å²) >= 11 is 0. The van der Waals surface area contributed by atoms with Crippen molar-refractivity contribution in [2.75, 3.05) is 7.11 Å². The highest BCUT2D eigenvalue weighted by Gasteiger charge is 2.45. The molecule has 0 fully saturated rings. The van der Waals surface area contributed by atoms with Gasteiger partial charge in [0, 0.05) is 6.42 Å². The zero-order valence-corrected chi connectivity index (χ0v) is 11.2. The molecule has 0 spiro atoms. The predicted octanol–water partition coefficient (Wildman–Crippen LogP) is 2.46. The molecule has 0 heterocycles. The summed E-state index contributed by atoms with van der Waals surface area (Å²) in [6.07, 6.45) is 1.95. The Morgan fingerprint density at radius 2 is 2.11 bits per heavy atom. The van der Waals surface area contributed by atoms with Crippen molar-refractivity contribution in [2.24, 2.45) is 5.41 Å². The van der Waals surface area contributed by atoms with Gasteiger partial charge in [-0.1, -0.05) is 6.07 Å². The highest BCUT2D eigenvalue weighted by Crippen LogP contribution is 2.41. The van der Waals surface area contributed by atoms with Gasteiger partial charge in [0.1, 0.15) is 5.75 Å². The van der Waals surface area contributed by atoms with Crippen LogP contribution in [0.15, 0.2) is 18.2 Å². The molecule has 1 aliphatic carbocycles. The Morgan fingerprint density at radius 1 is 1.39 bits per heavy atom. The first-order valence-electron chi connectivity index (χ1n) is 6.21. The van der Waals surface area contributed by atoms with E-state index in [0.29, 0.717) is 12.8 Å². The van der Waals surface area contributed by atoms with Gasteiger partial charge in [-0.05, 0) is 49.9 Å². The highest BCUT2D eigenvalue weighted by molar-refractivity contribution is 5.39. The fraction of sp³-hybridized carbons (Fsp3) is 0.533. The van der Waals surface area contributed by atoms with E-state index in [0.717, 1.165) is 17.7 Å². The molecule has 2 rings (SSSR count). The lowest BCUT2D eigenvalue weighted by molar-refractivity contribution is -0.0497. The van der Waals surface area contributed by atoms with Crippen LogP contribution >= 0.6 is 0 Å². The number of nitrogens with zero attached hydrogens (tertiary/aromatic N) is 1. The van der Waals surface area contributed by atoms with Crippen LogP contribution in [0.1, 0.15) is 31.4 Å². The third-order valence-electron chi connectivity index (χ3n) is 4.15. The molecule has 1 aliphatic rings. The van der Waals surface area contributed by atoms with Crippen molar-refractivity contribution in [3.8, 4) is 11.8 Å². The molecular weight excluding hydrogens is 226 g/mol. The minimum absolute atomic E-state index is 0.514. The molecular formula is C15H19NO2. The number of hydrogen-bond acceptors (Lipinski definition) is 3. The van der Waals surface area contributed by atoms with E-state index in [4.69, 9.17) is 4.74 Å². The summed E-state index contributed by atoms with van der Waals surface area (Å²) in [5.74, 6) is 0.799. The number of ether oxygens (including phenoxy) is 1. The first-order chi connectivity index (χ1) is 8.42. The minimum atomic E-state index is -0.957. The summed E-state index contributed by atoms with van der Waals surface area (Å²) in [7, 11) is 1.63. The van der Waals surface area contributed by atoms with Crippen LogP contribution < -0.4 is 4.74 Å². The number of rotatable bonds is 2. The molecule has 1 unspecified atom stereocenters. The van der Waals surface area contributed by atoms with Gasteiger partial charge in [0.2, 0.25) is 0 Å². The van der Waals surface area contributed by atoms with Crippen molar-refractivity contribution in [1.29, 1.82) is 5.26 Å². The smallest absolute Gasteiger partial charge is 0.119 e. The van der Waals surface area contributed by atoms with Gasteiger partial charge in [-0.2, -0.15) is 5.26 Å². The molecule has 0 saturated heterocycles. The van der Waals surface area contributed by atoms with Crippen molar-refractivity contribution in [2.45, 2.75) is 38.7 Å². The molecule has 1 atom stereocenters. The van der Waals surface area contributed by atoms with E-state index in [9.17, 15) is 10.4 Å². The van der Waals surface area contributed by atoms with Crippen molar-refractivity contribution >= 4 is 0 Å². The van der Waals surface area contributed by atoms with Crippen molar-refractivity contribution in [3.63, 3.8) is 0 Å². The molecule has 1 N–H and O–H groups in total. The van der Waals surface area contributed by atoms with Gasteiger partial charge in [0.25, 0.3) is 0 Å². The SMILES string of the molecule is COc1ccc2c(c1)CC(O)(C(C)(C)C#N)CC2. The number of methoxy groups -OCH3 is 1. The van der Waals surface area contributed by atoms with Crippen LogP contribution in [0.2, 0.25) is 0 Å². The predicted molar refractivity (Wildman–Crippen MR) is 69.4 cm³/mol. The normalized spacial score (nSPS) is 23.1. The maximum Gasteiger partial charge on any atom is 0.119 e. The van der Waals surface area contributed by atoms with Crippen LogP contribution in [0.25, 0.3) is 0 Å². The van der Waals surface area contributed by atoms with Crippen LogP contribution in [-0.4, -0.2) is 17.8 Å². The quantitative estimate of drug-likeness (QED) is 0.870. The van der Waals surface area contributed by atoms with Gasteiger partial charge < -0.3 is 9.84 Å². The largest absolute Gasteiger partial charge is 0.497 e. The summed E-state index contributed by atoms with van der Waals surface area (Å²) in [6, 6.07) is 8.19. The molecule has 3 heteroatoms. The van der Waals surface area contributed by atoms with Crippen LogP contribution in [-0.2, 0) is 12.8 Å². The second-order valence-electron chi connectivity index (χ2n) is 5.58. The van der Waals surface area contributed by atoms with E-state index in [2.05, 4.69) is 6.07 Å². The maximum absolute atomic E-state index is 10.7. The topological polar surface area (TPSA) is 53.2 Å². The number of hydrogen-bond donors (Lipinski definition) is 1. The summed E-state index contributed by atoms with van der Waals surface area (Å²) in [4.78, 5) is 0. The van der Waals surface area contributed by atoms with Crippen molar-refractivity contribution in [3.05, 3.63) is 29.3 Å². The number of aryl methyl sites for hydroxylation is 1. The van der Waals surface area contributed by atoms with Crippen LogP contribution in [0.5, 0.6) is 5.75 Å². The highest BCUT2D eigenvalue weighted by atomic mass is 16.5. The van der Waals surface area contributed by atoms with Gasteiger partial charge in [-0.3, -0.25) is 0 Å². The molecule has 0 bridgehead atoms. The van der Waals surface area contributed by atoms with E-state index in [1.165, 1.54) is 5.56 Å². The molecule has 0 radical (unpaired) electrons. The van der Waals surface area contributed by atoms with Crippen LogP contribution in [0, 0.1) is 16.7 Å². The zero-order valence-electron chi connectivity index (χ0n) is 11.2. The monoisotopic (exact) mass is 245 g/mol. The number of fused-ring (bicyclic) bond motifs is 1. The second kappa shape index (κ2) is 4.29. The molecule has 18 heavy (non-hydrogen) atoms. The van der Waals surface area contributed by atoms with Crippen molar-refractivity contribution < 1.29 is 9.84 Å². The number of nitriles is 1. The molecule has 96 valence electrons. The fourth-order valence-corrected chi connectivity index (χ4v) is 2.52. The zero-order chi connectivity index (χ0) is 13.4. The lowest BCUT2D eigenvalue weighted by Crippen LogP contribution is -2.48. The molecule has 0 aliphatic heterocycles. The Balaban J connectivity index is 2.37. The summed E-state index contributed by atoms with van der Waals surface area (Å²) < 4.78 is 5.21. The van der Waals surface area contributed by atoms with Gasteiger partial charge in [0.05, 0.1) is 24.2 Å². The maximum atomic E-state index is 10.7. The Morgan fingerprint density at radius 3 is 2.72 bits per heavy atom. The van der Waals surface area contributed by atoms with E-state index in [-0.39, 0.29) is 0 Å². The van der Waals surface area contributed by atoms with Gasteiger partial charge in [-0.25, -0.2) is 0 Å². The Hall–Kier alpha value is -1.53. The van der Waals surface area contributed by atoms with Gasteiger partial charge in [-0.15, -0.1) is 0 Å². The summed E-state index contributed by atoms with van der Waals surface area (Å²) in [6.45, 7) is 3.61. The number of aliphatic hydroxyl groups is 1. The third kappa shape index (κ3) is 1.97. The fourth-order valence-electron chi connectivity index (χ4n) is 2.52. The Bertz CT molecular complexity index is 502. The Labute approximate surface area is 108 Å². The molecule has 0 aromatic heterocycles. The minimum Gasteiger partial charge on any atom is -0.497 e. The second-order valence-corrected chi connectivity index (χ2v) is 5.58. The first-order valence-corrected chi connectivity index (χ1v) is 6.21. The average molecular weight is 245 g/mol. The van der Waals surface area contributed by atoms with E-state index in [1.807, 2.05) is 18.2 Å². The van der Waals surface area contributed by atoms with Crippen molar-refractivity contribution in [1.82, 2.24) is 0 Å². The van der Waals surface area contributed by atoms with E-state index < -0.39 is 11.0 Å². The van der Waals surface area contributed by atoms with E-state index >= 15 is 0 Å². The van der Waals surface area contributed by atoms with E-state index in [1.54, 1.807) is 21.0 Å². The van der Waals surface area contributed by atoms with Crippen LogP contribution in [0.4, 0.5) is 0 Å². The molecule has 0 saturated carbocycles. The van der Waals surface area contributed by atoms with Gasteiger partial charge in [0.15, 0.2) is 0 Å². The van der Waals surface area contributed by atoms with Crippen LogP contribution in [0.3, 0.4) is 0 Å². The lowest BCUT2D eigenvalue weighted by Gasteiger charge is -2.41. The average Bonchev–Trinajstić information content (AvgIpc) is 2.37. The van der Waals surface area contributed by atoms with Gasteiger partial charge >= 0.3 is 0 Å². The molecule has 3 nitrogen and oxygen atoms in total. The number of benzene rings is 1. The lowest BCUT2D eigenvalue weighted by atomic mass is 9.66. The first kappa shape index (κ1) is 12.9.